The summed E-state index contributed by atoms with van der Waals surface area (Å²) in [6.45, 7) is 6.25. The molecule has 0 radical (unpaired) electrons. The van der Waals surface area contributed by atoms with Gasteiger partial charge < -0.3 is 14.8 Å². The first-order chi connectivity index (χ1) is 7.88. The van der Waals surface area contributed by atoms with Gasteiger partial charge in [-0.3, -0.25) is 0 Å². The zero-order valence-corrected chi connectivity index (χ0v) is 9.74. The van der Waals surface area contributed by atoms with E-state index < -0.39 is 0 Å². The average molecular weight is 221 g/mol. The third kappa shape index (κ3) is 3.30. The van der Waals surface area contributed by atoms with Gasteiger partial charge in [0.25, 0.3) is 0 Å². The quantitative estimate of drug-likeness (QED) is 0.793. The maximum atomic E-state index is 5.64. The summed E-state index contributed by atoms with van der Waals surface area (Å²) in [7, 11) is 0. The van der Waals surface area contributed by atoms with Gasteiger partial charge in [0.1, 0.15) is 6.10 Å². The van der Waals surface area contributed by atoms with Crippen molar-refractivity contribution in [3.8, 4) is 0 Å². The molecule has 1 aromatic carbocycles. The van der Waals surface area contributed by atoms with Gasteiger partial charge in [-0.1, -0.05) is 31.2 Å². The van der Waals surface area contributed by atoms with Crippen molar-refractivity contribution in [2.75, 3.05) is 19.8 Å². The maximum Gasteiger partial charge on any atom is 0.105 e. The van der Waals surface area contributed by atoms with Crippen molar-refractivity contribution < 1.29 is 9.47 Å². The van der Waals surface area contributed by atoms with Crippen molar-refractivity contribution in [3.05, 3.63) is 35.4 Å². The van der Waals surface area contributed by atoms with Crippen molar-refractivity contribution in [2.24, 2.45) is 0 Å². The maximum absolute atomic E-state index is 5.64. The standard InChI is InChI=1S/C13H19NO2/c1-2-14-7-11-3-5-12(6-4-11)8-16-13-9-15-10-13/h3-6,13-14H,2,7-10H2,1H3. The molecule has 1 aliphatic heterocycles. The fraction of sp³-hybridized carbons (Fsp3) is 0.538. The molecule has 16 heavy (non-hydrogen) atoms. The molecule has 0 spiro atoms. The molecule has 1 heterocycles. The van der Waals surface area contributed by atoms with Gasteiger partial charge in [0.2, 0.25) is 0 Å². The van der Waals surface area contributed by atoms with E-state index >= 15 is 0 Å². The lowest BCUT2D eigenvalue weighted by Gasteiger charge is -2.25. The van der Waals surface area contributed by atoms with Crippen LogP contribution in [0.4, 0.5) is 0 Å². The lowest BCUT2D eigenvalue weighted by Crippen LogP contribution is -2.35. The number of hydrogen-bond donors (Lipinski definition) is 1. The molecule has 0 bridgehead atoms. The summed E-state index contributed by atoms with van der Waals surface area (Å²) < 4.78 is 10.7. The first-order valence-electron chi connectivity index (χ1n) is 5.86. The Morgan fingerprint density at radius 2 is 1.94 bits per heavy atom. The Kier molecular flexibility index (Phi) is 4.34. The highest BCUT2D eigenvalue weighted by Gasteiger charge is 2.18. The van der Waals surface area contributed by atoms with Crippen LogP contribution in [0.3, 0.4) is 0 Å². The monoisotopic (exact) mass is 221 g/mol. The van der Waals surface area contributed by atoms with Crippen LogP contribution in [0.5, 0.6) is 0 Å². The summed E-state index contributed by atoms with van der Waals surface area (Å²) in [4.78, 5) is 0. The molecule has 0 aliphatic carbocycles. The molecule has 1 N–H and O–H groups in total. The molecule has 0 amide bonds. The van der Waals surface area contributed by atoms with E-state index in [0.29, 0.717) is 12.7 Å². The minimum atomic E-state index is 0.307. The van der Waals surface area contributed by atoms with Crippen LogP contribution in [0.15, 0.2) is 24.3 Å². The Hall–Kier alpha value is -0.900. The van der Waals surface area contributed by atoms with Crippen LogP contribution in [-0.4, -0.2) is 25.9 Å². The number of benzene rings is 1. The molecular formula is C13H19NO2. The van der Waals surface area contributed by atoms with Gasteiger partial charge in [0, 0.05) is 6.54 Å². The van der Waals surface area contributed by atoms with Crippen LogP contribution < -0.4 is 5.32 Å². The van der Waals surface area contributed by atoms with Crippen LogP contribution in [0.2, 0.25) is 0 Å². The normalized spacial score (nSPS) is 16.1. The summed E-state index contributed by atoms with van der Waals surface area (Å²) in [6, 6.07) is 8.57. The molecule has 3 nitrogen and oxygen atoms in total. The molecule has 1 saturated heterocycles. The summed E-state index contributed by atoms with van der Waals surface area (Å²) in [5, 5.41) is 3.30. The van der Waals surface area contributed by atoms with E-state index in [2.05, 4.69) is 36.5 Å². The largest absolute Gasteiger partial charge is 0.376 e. The smallest absolute Gasteiger partial charge is 0.105 e. The van der Waals surface area contributed by atoms with Gasteiger partial charge in [-0.05, 0) is 17.7 Å². The molecule has 0 saturated carbocycles. The van der Waals surface area contributed by atoms with Gasteiger partial charge in [-0.25, -0.2) is 0 Å². The number of nitrogens with one attached hydrogen (secondary N) is 1. The van der Waals surface area contributed by atoms with E-state index in [1.165, 1.54) is 11.1 Å². The highest BCUT2D eigenvalue weighted by atomic mass is 16.6. The highest BCUT2D eigenvalue weighted by molar-refractivity contribution is 5.21. The molecule has 2 rings (SSSR count). The Morgan fingerprint density at radius 3 is 2.50 bits per heavy atom. The lowest BCUT2D eigenvalue weighted by molar-refractivity contribution is -0.135. The van der Waals surface area contributed by atoms with Gasteiger partial charge in [0.05, 0.1) is 19.8 Å². The summed E-state index contributed by atoms with van der Waals surface area (Å²) in [6.07, 6.45) is 0.307. The predicted octanol–water partition coefficient (Wildman–Crippen LogP) is 1.71. The summed E-state index contributed by atoms with van der Waals surface area (Å²) >= 11 is 0. The fourth-order valence-corrected chi connectivity index (χ4v) is 1.55. The Balaban J connectivity index is 1.76. The molecule has 1 aliphatic rings. The zero-order chi connectivity index (χ0) is 11.2. The lowest BCUT2D eigenvalue weighted by atomic mass is 10.1. The summed E-state index contributed by atoms with van der Waals surface area (Å²) in [5.41, 5.74) is 2.55. The molecule has 1 aromatic rings. The van der Waals surface area contributed by atoms with Crippen molar-refractivity contribution in [3.63, 3.8) is 0 Å². The van der Waals surface area contributed by atoms with E-state index in [0.717, 1.165) is 26.3 Å². The van der Waals surface area contributed by atoms with Crippen molar-refractivity contribution in [1.82, 2.24) is 5.32 Å². The molecule has 3 heteroatoms. The highest BCUT2D eigenvalue weighted by Crippen LogP contribution is 2.10. The molecule has 0 aromatic heterocycles. The molecule has 1 fully saturated rings. The Bertz CT molecular complexity index is 306. The van der Waals surface area contributed by atoms with Crippen LogP contribution in [0.1, 0.15) is 18.1 Å². The SMILES string of the molecule is CCNCc1ccc(COC2COC2)cc1. The van der Waals surface area contributed by atoms with Gasteiger partial charge in [-0.15, -0.1) is 0 Å². The van der Waals surface area contributed by atoms with Gasteiger partial charge >= 0.3 is 0 Å². The second-order valence-electron chi connectivity index (χ2n) is 4.07. The van der Waals surface area contributed by atoms with E-state index in [1.54, 1.807) is 0 Å². The van der Waals surface area contributed by atoms with Crippen LogP contribution in [-0.2, 0) is 22.6 Å². The van der Waals surface area contributed by atoms with E-state index in [1.807, 2.05) is 0 Å². The zero-order valence-electron chi connectivity index (χ0n) is 9.74. The topological polar surface area (TPSA) is 30.5 Å². The van der Waals surface area contributed by atoms with Gasteiger partial charge in [0.15, 0.2) is 0 Å². The molecule has 0 atom stereocenters. The number of hydrogen-bond acceptors (Lipinski definition) is 3. The Morgan fingerprint density at radius 1 is 1.25 bits per heavy atom. The molecular weight excluding hydrogens is 202 g/mol. The predicted molar refractivity (Wildman–Crippen MR) is 63.2 cm³/mol. The third-order valence-corrected chi connectivity index (χ3v) is 2.70. The van der Waals surface area contributed by atoms with Crippen LogP contribution in [0, 0.1) is 0 Å². The Labute approximate surface area is 96.8 Å². The van der Waals surface area contributed by atoms with Crippen LogP contribution >= 0.6 is 0 Å². The van der Waals surface area contributed by atoms with Crippen molar-refractivity contribution in [2.45, 2.75) is 26.2 Å². The number of ether oxygens (including phenoxy) is 2. The third-order valence-electron chi connectivity index (χ3n) is 2.70. The van der Waals surface area contributed by atoms with Gasteiger partial charge in [-0.2, -0.15) is 0 Å². The minimum absolute atomic E-state index is 0.307. The van der Waals surface area contributed by atoms with E-state index in [-0.39, 0.29) is 0 Å². The van der Waals surface area contributed by atoms with Crippen molar-refractivity contribution >= 4 is 0 Å². The number of rotatable bonds is 6. The second kappa shape index (κ2) is 5.99. The summed E-state index contributed by atoms with van der Waals surface area (Å²) in [5.74, 6) is 0. The average Bonchev–Trinajstić information content (AvgIpc) is 2.26. The first-order valence-corrected chi connectivity index (χ1v) is 5.86. The van der Waals surface area contributed by atoms with Crippen molar-refractivity contribution in [1.29, 1.82) is 0 Å². The fourth-order valence-electron chi connectivity index (χ4n) is 1.55. The van der Waals surface area contributed by atoms with E-state index in [9.17, 15) is 0 Å². The van der Waals surface area contributed by atoms with Crippen LogP contribution in [0.25, 0.3) is 0 Å². The first kappa shape index (κ1) is 11.6. The molecule has 88 valence electrons. The molecule has 0 unspecified atom stereocenters. The van der Waals surface area contributed by atoms with E-state index in [4.69, 9.17) is 9.47 Å². The minimum Gasteiger partial charge on any atom is -0.376 e. The second-order valence-corrected chi connectivity index (χ2v) is 4.07.